The topological polar surface area (TPSA) is 29.1 Å². The molecule has 1 N–H and O–H groups in total. The van der Waals surface area contributed by atoms with E-state index >= 15 is 0 Å². The van der Waals surface area contributed by atoms with Crippen molar-refractivity contribution in [1.29, 1.82) is 0 Å². The van der Waals surface area contributed by atoms with E-state index in [1.807, 2.05) is 19.9 Å². The van der Waals surface area contributed by atoms with Gasteiger partial charge < -0.3 is 5.32 Å². The lowest BCUT2D eigenvalue weighted by atomic mass is 10.2. The predicted molar refractivity (Wildman–Crippen MR) is 56.6 cm³/mol. The van der Waals surface area contributed by atoms with Crippen LogP contribution < -0.4 is 5.32 Å². The van der Waals surface area contributed by atoms with Crippen molar-refractivity contribution in [3.63, 3.8) is 0 Å². The van der Waals surface area contributed by atoms with Gasteiger partial charge in [-0.05, 0) is 32.8 Å². The second-order valence-electron chi connectivity index (χ2n) is 3.56. The fourth-order valence-corrected chi connectivity index (χ4v) is 1.04. The van der Waals surface area contributed by atoms with E-state index in [0.717, 1.165) is 6.42 Å². The molecule has 2 heteroatoms. The first-order valence-corrected chi connectivity index (χ1v) is 5.13. The predicted octanol–water partition coefficient (Wildman–Crippen LogP) is 2.65. The minimum atomic E-state index is 0.0199. The number of carbonyl (C=O) groups is 1. The van der Waals surface area contributed by atoms with Crippen LogP contribution in [0.25, 0.3) is 0 Å². The second kappa shape index (κ2) is 7.84. The van der Waals surface area contributed by atoms with Crippen molar-refractivity contribution in [3.8, 4) is 0 Å². The lowest BCUT2D eigenvalue weighted by molar-refractivity contribution is -0.116. The standard InChI is InChI=1S/C11H21NO/c1-4-5-6-7-8-9-11(13)12-10(2)3/h8-10H,4-7H2,1-3H3,(H,12,13). The van der Waals surface area contributed by atoms with Gasteiger partial charge in [-0.3, -0.25) is 4.79 Å². The van der Waals surface area contributed by atoms with Gasteiger partial charge >= 0.3 is 0 Å². The van der Waals surface area contributed by atoms with Gasteiger partial charge in [0.1, 0.15) is 0 Å². The average Bonchev–Trinajstić information content (AvgIpc) is 2.02. The van der Waals surface area contributed by atoms with Crippen LogP contribution in [-0.2, 0) is 4.79 Å². The van der Waals surface area contributed by atoms with Crippen molar-refractivity contribution in [2.75, 3.05) is 0 Å². The number of amides is 1. The van der Waals surface area contributed by atoms with Crippen molar-refractivity contribution in [2.24, 2.45) is 0 Å². The van der Waals surface area contributed by atoms with Crippen molar-refractivity contribution < 1.29 is 4.79 Å². The van der Waals surface area contributed by atoms with Crippen molar-refractivity contribution >= 4 is 5.91 Å². The third kappa shape index (κ3) is 9.12. The molecule has 0 aliphatic heterocycles. The summed E-state index contributed by atoms with van der Waals surface area (Å²) in [6.07, 6.45) is 8.26. The summed E-state index contributed by atoms with van der Waals surface area (Å²) in [7, 11) is 0. The highest BCUT2D eigenvalue weighted by Gasteiger charge is 1.95. The summed E-state index contributed by atoms with van der Waals surface area (Å²) in [6, 6.07) is 0.229. The van der Waals surface area contributed by atoms with E-state index in [-0.39, 0.29) is 11.9 Å². The molecule has 0 fully saturated rings. The monoisotopic (exact) mass is 183 g/mol. The molecule has 0 heterocycles. The van der Waals surface area contributed by atoms with E-state index in [4.69, 9.17) is 0 Å². The highest BCUT2D eigenvalue weighted by atomic mass is 16.1. The van der Waals surface area contributed by atoms with Crippen molar-refractivity contribution in [3.05, 3.63) is 12.2 Å². The Morgan fingerprint density at radius 3 is 2.62 bits per heavy atom. The molecule has 0 saturated carbocycles. The molecule has 1 amide bonds. The normalized spacial score (nSPS) is 11.1. The Labute approximate surface area is 81.4 Å². The van der Waals surface area contributed by atoms with Crippen LogP contribution in [0, 0.1) is 0 Å². The van der Waals surface area contributed by atoms with Crippen LogP contribution in [0.5, 0.6) is 0 Å². The van der Waals surface area contributed by atoms with Gasteiger partial charge in [0.05, 0.1) is 0 Å². The summed E-state index contributed by atoms with van der Waals surface area (Å²) in [4.78, 5) is 11.1. The number of unbranched alkanes of at least 4 members (excludes halogenated alkanes) is 3. The number of allylic oxidation sites excluding steroid dienone is 1. The Hall–Kier alpha value is -0.790. The Kier molecular flexibility index (Phi) is 7.36. The molecule has 0 aliphatic carbocycles. The van der Waals surface area contributed by atoms with E-state index in [2.05, 4.69) is 12.2 Å². The summed E-state index contributed by atoms with van der Waals surface area (Å²) >= 11 is 0. The Morgan fingerprint density at radius 2 is 2.08 bits per heavy atom. The zero-order chi connectivity index (χ0) is 10.1. The van der Waals surface area contributed by atoms with E-state index in [1.165, 1.54) is 19.3 Å². The summed E-state index contributed by atoms with van der Waals surface area (Å²) in [5, 5.41) is 2.81. The zero-order valence-corrected chi connectivity index (χ0v) is 8.97. The van der Waals surface area contributed by atoms with Crippen molar-refractivity contribution in [2.45, 2.75) is 52.5 Å². The Balaban J connectivity index is 3.42. The molecule has 76 valence electrons. The van der Waals surface area contributed by atoms with Gasteiger partial charge in [0.2, 0.25) is 5.91 Å². The Morgan fingerprint density at radius 1 is 1.38 bits per heavy atom. The number of hydrogen-bond donors (Lipinski definition) is 1. The van der Waals surface area contributed by atoms with Crippen LogP contribution in [0.3, 0.4) is 0 Å². The van der Waals surface area contributed by atoms with Gasteiger partial charge in [-0.2, -0.15) is 0 Å². The third-order valence-electron chi connectivity index (χ3n) is 1.67. The average molecular weight is 183 g/mol. The van der Waals surface area contributed by atoms with Crippen LogP contribution in [0.1, 0.15) is 46.5 Å². The molecule has 0 aromatic rings. The number of nitrogens with one attached hydrogen (secondary N) is 1. The van der Waals surface area contributed by atoms with Gasteiger partial charge in [0.15, 0.2) is 0 Å². The molecule has 13 heavy (non-hydrogen) atoms. The van der Waals surface area contributed by atoms with Crippen LogP contribution in [-0.4, -0.2) is 11.9 Å². The molecule has 0 atom stereocenters. The largest absolute Gasteiger partial charge is 0.350 e. The molecule has 0 aromatic heterocycles. The number of rotatable bonds is 6. The summed E-state index contributed by atoms with van der Waals surface area (Å²) < 4.78 is 0. The lowest BCUT2D eigenvalue weighted by Gasteiger charge is -2.03. The molecule has 0 rings (SSSR count). The maximum atomic E-state index is 11.1. The lowest BCUT2D eigenvalue weighted by Crippen LogP contribution is -2.28. The van der Waals surface area contributed by atoms with Gasteiger partial charge in [0, 0.05) is 6.04 Å². The van der Waals surface area contributed by atoms with Gasteiger partial charge in [0.25, 0.3) is 0 Å². The number of carbonyl (C=O) groups excluding carboxylic acids is 1. The quantitative estimate of drug-likeness (QED) is 0.498. The molecule has 0 saturated heterocycles. The first kappa shape index (κ1) is 12.2. The fourth-order valence-electron chi connectivity index (χ4n) is 1.04. The molecule has 0 bridgehead atoms. The summed E-state index contributed by atoms with van der Waals surface area (Å²) in [5.74, 6) is 0.0199. The van der Waals surface area contributed by atoms with Crippen LogP contribution in [0.15, 0.2) is 12.2 Å². The maximum Gasteiger partial charge on any atom is 0.243 e. The zero-order valence-electron chi connectivity index (χ0n) is 8.97. The summed E-state index contributed by atoms with van der Waals surface area (Å²) in [5.41, 5.74) is 0. The minimum absolute atomic E-state index is 0.0199. The van der Waals surface area contributed by atoms with Crippen LogP contribution in [0.2, 0.25) is 0 Å². The SMILES string of the molecule is CCCCCC=CC(=O)NC(C)C. The molecular formula is C11H21NO. The fraction of sp³-hybridized carbons (Fsp3) is 0.727. The molecule has 0 aliphatic rings. The molecule has 0 spiro atoms. The van der Waals surface area contributed by atoms with Crippen LogP contribution >= 0.6 is 0 Å². The van der Waals surface area contributed by atoms with E-state index in [0.29, 0.717) is 0 Å². The van der Waals surface area contributed by atoms with Gasteiger partial charge in [-0.1, -0.05) is 25.8 Å². The summed E-state index contributed by atoms with van der Waals surface area (Å²) in [6.45, 7) is 6.10. The molecule has 0 aromatic carbocycles. The molecule has 0 radical (unpaired) electrons. The van der Waals surface area contributed by atoms with E-state index < -0.39 is 0 Å². The second-order valence-corrected chi connectivity index (χ2v) is 3.56. The number of hydrogen-bond acceptors (Lipinski definition) is 1. The first-order chi connectivity index (χ1) is 6.16. The highest BCUT2D eigenvalue weighted by molar-refractivity contribution is 5.87. The third-order valence-corrected chi connectivity index (χ3v) is 1.67. The van der Waals surface area contributed by atoms with Gasteiger partial charge in [-0.25, -0.2) is 0 Å². The smallest absolute Gasteiger partial charge is 0.243 e. The first-order valence-electron chi connectivity index (χ1n) is 5.13. The molecule has 2 nitrogen and oxygen atoms in total. The minimum Gasteiger partial charge on any atom is -0.350 e. The van der Waals surface area contributed by atoms with E-state index in [1.54, 1.807) is 6.08 Å². The highest BCUT2D eigenvalue weighted by Crippen LogP contribution is 1.99. The van der Waals surface area contributed by atoms with Crippen molar-refractivity contribution in [1.82, 2.24) is 5.32 Å². The molecule has 0 unspecified atom stereocenters. The Bertz CT molecular complexity index is 161. The van der Waals surface area contributed by atoms with E-state index in [9.17, 15) is 4.79 Å². The molecular weight excluding hydrogens is 162 g/mol. The maximum absolute atomic E-state index is 11.1. The van der Waals surface area contributed by atoms with Gasteiger partial charge in [-0.15, -0.1) is 0 Å². The van der Waals surface area contributed by atoms with Crippen LogP contribution in [0.4, 0.5) is 0 Å².